The Morgan fingerprint density at radius 2 is 1.73 bits per heavy atom. The lowest BCUT2D eigenvalue weighted by atomic mass is 9.82. The largest absolute Gasteiger partial charge is 0.481 e. The standard InChI is InChI=1S/C15H13Br2NO4/c1-6-4-2-3-5-7(6)18-14(19)8-9(15(20)21)13-11(17)10(16)12(8)22-13/h2-5,8-9,12-13H,1H3,(H,18,19)(H,20,21)/t8-,9+,12-,13-/m1/s1. The molecule has 1 saturated heterocycles. The molecule has 0 aliphatic carbocycles. The summed E-state index contributed by atoms with van der Waals surface area (Å²) in [5.41, 5.74) is 1.60. The predicted octanol–water partition coefficient (Wildman–Crippen LogP) is 3.03. The third-order valence-corrected chi connectivity index (χ3v) is 6.34. The molecule has 5 nitrogen and oxygen atoms in total. The summed E-state index contributed by atoms with van der Waals surface area (Å²) in [5.74, 6) is -3.04. The Morgan fingerprint density at radius 3 is 2.32 bits per heavy atom. The van der Waals surface area contributed by atoms with E-state index in [9.17, 15) is 14.7 Å². The minimum Gasteiger partial charge on any atom is -0.481 e. The van der Waals surface area contributed by atoms with Crippen molar-refractivity contribution in [2.24, 2.45) is 11.8 Å². The lowest BCUT2D eigenvalue weighted by Crippen LogP contribution is -2.41. The molecular formula is C15H13Br2NO4. The predicted molar refractivity (Wildman–Crippen MR) is 88.0 cm³/mol. The van der Waals surface area contributed by atoms with E-state index in [4.69, 9.17) is 4.74 Å². The fourth-order valence-corrected chi connectivity index (χ4v) is 4.16. The molecule has 0 radical (unpaired) electrons. The molecule has 1 aromatic carbocycles. The van der Waals surface area contributed by atoms with Crippen LogP contribution in [0.5, 0.6) is 0 Å². The molecule has 0 unspecified atom stereocenters. The Hall–Kier alpha value is -1.18. The van der Waals surface area contributed by atoms with Crippen LogP contribution in [0.4, 0.5) is 5.69 Å². The fraction of sp³-hybridized carbons (Fsp3) is 0.333. The SMILES string of the molecule is Cc1ccccc1NC(=O)[C@@H]1[C@H](C(=O)O)[C@H]2O[C@H]1C(Br)=C2Br. The van der Waals surface area contributed by atoms with Crippen LogP contribution in [0.25, 0.3) is 0 Å². The number of carboxylic acids is 1. The molecule has 1 amide bonds. The summed E-state index contributed by atoms with van der Waals surface area (Å²) in [7, 11) is 0. The number of amides is 1. The summed E-state index contributed by atoms with van der Waals surface area (Å²) in [6.45, 7) is 1.88. The maximum atomic E-state index is 12.6. The van der Waals surface area contributed by atoms with Crippen molar-refractivity contribution >= 4 is 49.4 Å². The quantitative estimate of drug-likeness (QED) is 0.772. The molecule has 2 bridgehead atoms. The van der Waals surface area contributed by atoms with Crippen LogP contribution in [0.2, 0.25) is 0 Å². The van der Waals surface area contributed by atoms with Crippen molar-refractivity contribution < 1.29 is 19.4 Å². The van der Waals surface area contributed by atoms with Crippen molar-refractivity contribution in [2.45, 2.75) is 19.1 Å². The van der Waals surface area contributed by atoms with Gasteiger partial charge in [0.25, 0.3) is 0 Å². The van der Waals surface area contributed by atoms with E-state index < -0.39 is 30.0 Å². The van der Waals surface area contributed by atoms with Gasteiger partial charge in [0.1, 0.15) is 18.1 Å². The summed E-state index contributed by atoms with van der Waals surface area (Å²) >= 11 is 6.72. The van der Waals surface area contributed by atoms with Gasteiger partial charge in [0.2, 0.25) is 5.91 Å². The smallest absolute Gasteiger partial charge is 0.310 e. The minimum absolute atomic E-state index is 0.342. The van der Waals surface area contributed by atoms with E-state index in [1.807, 2.05) is 25.1 Å². The molecule has 1 fully saturated rings. The van der Waals surface area contributed by atoms with Gasteiger partial charge in [0.05, 0.1) is 5.92 Å². The van der Waals surface area contributed by atoms with Gasteiger partial charge in [-0.3, -0.25) is 9.59 Å². The highest BCUT2D eigenvalue weighted by Gasteiger charge is 2.58. The fourth-order valence-electron chi connectivity index (χ4n) is 2.92. The molecule has 0 saturated carbocycles. The number of carboxylic acid groups (broad SMARTS) is 1. The molecule has 22 heavy (non-hydrogen) atoms. The summed E-state index contributed by atoms with van der Waals surface area (Å²) in [5, 5.41) is 12.3. The van der Waals surface area contributed by atoms with Crippen molar-refractivity contribution in [1.29, 1.82) is 0 Å². The van der Waals surface area contributed by atoms with E-state index in [0.717, 1.165) is 5.56 Å². The van der Waals surface area contributed by atoms with Gasteiger partial charge in [-0.25, -0.2) is 0 Å². The van der Waals surface area contributed by atoms with Gasteiger partial charge in [0, 0.05) is 14.7 Å². The van der Waals surface area contributed by atoms with Crippen LogP contribution in [0, 0.1) is 18.8 Å². The second kappa shape index (κ2) is 5.79. The molecule has 2 aliphatic rings. The number of halogens is 2. The van der Waals surface area contributed by atoms with Gasteiger partial charge in [0.15, 0.2) is 0 Å². The lowest BCUT2D eigenvalue weighted by molar-refractivity contribution is -0.146. The van der Waals surface area contributed by atoms with Crippen LogP contribution in [0.1, 0.15) is 5.56 Å². The van der Waals surface area contributed by atoms with Gasteiger partial charge < -0.3 is 15.2 Å². The third kappa shape index (κ3) is 2.41. The van der Waals surface area contributed by atoms with Gasteiger partial charge in [-0.2, -0.15) is 0 Å². The molecule has 2 N–H and O–H groups in total. The second-order valence-electron chi connectivity index (χ2n) is 5.37. The number of carbonyl (C=O) groups excluding carboxylic acids is 1. The Morgan fingerprint density at radius 1 is 1.14 bits per heavy atom. The maximum Gasteiger partial charge on any atom is 0.310 e. The van der Waals surface area contributed by atoms with Crippen molar-refractivity contribution in [2.75, 3.05) is 5.32 Å². The number of ether oxygens (including phenoxy) is 1. The Balaban J connectivity index is 1.89. The summed E-state index contributed by atoms with van der Waals surface area (Å²) in [4.78, 5) is 24.2. The second-order valence-corrected chi connectivity index (χ2v) is 7.08. The Labute approximate surface area is 144 Å². The zero-order valence-corrected chi connectivity index (χ0v) is 14.7. The minimum atomic E-state index is -1.03. The van der Waals surface area contributed by atoms with E-state index in [2.05, 4.69) is 37.2 Å². The number of anilines is 1. The first-order chi connectivity index (χ1) is 10.4. The van der Waals surface area contributed by atoms with Crippen molar-refractivity contribution in [3.05, 3.63) is 38.8 Å². The highest BCUT2D eigenvalue weighted by Crippen LogP contribution is 2.51. The van der Waals surface area contributed by atoms with Crippen LogP contribution in [-0.4, -0.2) is 29.2 Å². The van der Waals surface area contributed by atoms with Crippen LogP contribution in [0.15, 0.2) is 33.2 Å². The molecule has 7 heteroatoms. The highest BCUT2D eigenvalue weighted by molar-refractivity contribution is 9.14. The van der Waals surface area contributed by atoms with E-state index in [-0.39, 0.29) is 5.91 Å². The first-order valence-corrected chi connectivity index (χ1v) is 8.30. The Bertz CT molecular complexity index is 688. The Kier molecular flexibility index (Phi) is 4.13. The van der Waals surface area contributed by atoms with E-state index >= 15 is 0 Å². The number of benzene rings is 1. The number of aliphatic carboxylic acids is 1. The van der Waals surface area contributed by atoms with E-state index in [0.29, 0.717) is 14.7 Å². The van der Waals surface area contributed by atoms with Crippen LogP contribution >= 0.6 is 31.9 Å². The zero-order valence-electron chi connectivity index (χ0n) is 11.5. The molecular weight excluding hydrogens is 418 g/mol. The number of fused-ring (bicyclic) bond motifs is 2. The van der Waals surface area contributed by atoms with Crippen molar-refractivity contribution in [3.8, 4) is 0 Å². The van der Waals surface area contributed by atoms with E-state index in [1.54, 1.807) is 6.07 Å². The average molecular weight is 431 g/mol. The topological polar surface area (TPSA) is 75.6 Å². The molecule has 3 rings (SSSR count). The van der Waals surface area contributed by atoms with Crippen LogP contribution in [-0.2, 0) is 14.3 Å². The third-order valence-electron chi connectivity index (χ3n) is 4.05. The highest BCUT2D eigenvalue weighted by atomic mass is 79.9. The average Bonchev–Trinajstić information content (AvgIpc) is 2.99. The summed E-state index contributed by atoms with van der Waals surface area (Å²) in [6.07, 6.45) is -1.19. The van der Waals surface area contributed by atoms with Gasteiger partial charge in [-0.05, 0) is 18.6 Å². The van der Waals surface area contributed by atoms with Gasteiger partial charge in [-0.15, -0.1) is 0 Å². The number of rotatable bonds is 3. The van der Waals surface area contributed by atoms with E-state index in [1.165, 1.54) is 0 Å². The molecule has 0 spiro atoms. The summed E-state index contributed by atoms with van der Waals surface area (Å²) < 4.78 is 7.04. The molecule has 1 aromatic rings. The van der Waals surface area contributed by atoms with Crippen molar-refractivity contribution in [3.63, 3.8) is 0 Å². The maximum absolute atomic E-state index is 12.6. The van der Waals surface area contributed by atoms with Gasteiger partial charge in [-0.1, -0.05) is 50.1 Å². The molecule has 2 heterocycles. The molecule has 2 aliphatic heterocycles. The lowest BCUT2D eigenvalue weighted by Gasteiger charge is -2.24. The number of hydrogen-bond donors (Lipinski definition) is 2. The number of nitrogens with one attached hydrogen (secondary N) is 1. The normalized spacial score (nSPS) is 29.8. The van der Waals surface area contributed by atoms with Crippen molar-refractivity contribution in [1.82, 2.24) is 0 Å². The first-order valence-electron chi connectivity index (χ1n) is 6.71. The zero-order chi connectivity index (χ0) is 16.0. The molecule has 0 aromatic heterocycles. The summed E-state index contributed by atoms with van der Waals surface area (Å²) in [6, 6.07) is 7.37. The number of carbonyl (C=O) groups is 2. The number of aryl methyl sites for hydroxylation is 1. The van der Waals surface area contributed by atoms with Gasteiger partial charge >= 0.3 is 5.97 Å². The monoisotopic (exact) mass is 429 g/mol. The van der Waals surface area contributed by atoms with Crippen LogP contribution in [0.3, 0.4) is 0 Å². The molecule has 4 atom stereocenters. The number of hydrogen-bond acceptors (Lipinski definition) is 3. The number of para-hydroxylation sites is 1. The van der Waals surface area contributed by atoms with Crippen LogP contribution < -0.4 is 5.32 Å². The molecule has 116 valence electrons. The first kappa shape index (κ1) is 15.7.